The van der Waals surface area contributed by atoms with E-state index in [1.165, 1.54) is 11.8 Å². The van der Waals surface area contributed by atoms with Crippen molar-refractivity contribution >= 4 is 16.9 Å². The van der Waals surface area contributed by atoms with Crippen molar-refractivity contribution in [1.29, 1.82) is 0 Å². The Kier molecular flexibility index (Phi) is 2.50. The predicted octanol–water partition coefficient (Wildman–Crippen LogP) is 0.613. The molecule has 0 atom stereocenters. The molecule has 0 rings (SSSR count). The van der Waals surface area contributed by atoms with Gasteiger partial charge in [0.05, 0.1) is 5.54 Å². The van der Waals surface area contributed by atoms with Crippen LogP contribution in [-0.2, 0) is 4.79 Å². The highest BCUT2D eigenvalue weighted by molar-refractivity contribution is 8.13. The van der Waals surface area contributed by atoms with Gasteiger partial charge in [-0.1, -0.05) is 11.8 Å². The van der Waals surface area contributed by atoms with Gasteiger partial charge < -0.3 is 5.73 Å². The number of hydrogen-bond donors (Lipinski definition) is 1. The summed E-state index contributed by atoms with van der Waals surface area (Å²) in [7, 11) is 0. The van der Waals surface area contributed by atoms with E-state index in [1.807, 2.05) is 0 Å². The Bertz CT molecular complexity index is 95.1. The van der Waals surface area contributed by atoms with Crippen LogP contribution in [-0.4, -0.2) is 16.9 Å². The molecule has 0 heterocycles. The summed E-state index contributed by atoms with van der Waals surface area (Å²) in [6, 6.07) is 0. The van der Waals surface area contributed by atoms with Gasteiger partial charge in [-0.3, -0.25) is 4.79 Å². The Morgan fingerprint density at radius 2 is 2.00 bits per heavy atom. The van der Waals surface area contributed by atoms with E-state index < -0.39 is 5.54 Å². The molecule has 0 saturated heterocycles. The second kappa shape index (κ2) is 2.51. The van der Waals surface area contributed by atoms with Gasteiger partial charge in [-0.2, -0.15) is 0 Å². The van der Waals surface area contributed by atoms with Crippen LogP contribution in [0, 0.1) is 0 Å². The van der Waals surface area contributed by atoms with Gasteiger partial charge in [0.2, 0.25) is 5.12 Å². The zero-order valence-corrected chi connectivity index (χ0v) is 6.21. The molecule has 0 aliphatic rings. The molecule has 8 heavy (non-hydrogen) atoms. The molecule has 0 radical (unpaired) electrons. The summed E-state index contributed by atoms with van der Waals surface area (Å²) in [4.78, 5) is 10.7. The zero-order chi connectivity index (χ0) is 6.78. The number of carbonyl (C=O) groups excluding carboxylic acids is 1. The Balaban J connectivity index is 3.82. The maximum absolute atomic E-state index is 10.7. The molecule has 0 bridgehead atoms. The second-order valence-electron chi connectivity index (χ2n) is 2.21. The molecule has 2 nitrogen and oxygen atoms in total. The van der Waals surface area contributed by atoms with Crippen LogP contribution >= 0.6 is 11.8 Å². The third-order valence-electron chi connectivity index (χ3n) is 0.711. The van der Waals surface area contributed by atoms with E-state index >= 15 is 0 Å². The number of nitrogens with two attached hydrogens (primary N) is 1. The van der Waals surface area contributed by atoms with Gasteiger partial charge in [-0.05, 0) is 20.1 Å². The fourth-order valence-electron chi connectivity index (χ4n) is 0.263. The van der Waals surface area contributed by atoms with Gasteiger partial charge in [-0.15, -0.1) is 0 Å². The highest BCUT2D eigenvalue weighted by atomic mass is 32.2. The van der Waals surface area contributed by atoms with Crippen molar-refractivity contribution in [2.45, 2.75) is 19.4 Å². The van der Waals surface area contributed by atoms with Gasteiger partial charge in [-0.25, -0.2) is 0 Å². The van der Waals surface area contributed by atoms with Crippen LogP contribution in [0.2, 0.25) is 0 Å². The smallest absolute Gasteiger partial charge is 0.207 e. The fourth-order valence-corrected chi connectivity index (χ4v) is 0.789. The molecule has 0 aliphatic heterocycles. The first-order valence-electron chi connectivity index (χ1n) is 2.36. The van der Waals surface area contributed by atoms with Crippen molar-refractivity contribution in [2.75, 3.05) is 6.26 Å². The highest BCUT2D eigenvalue weighted by Gasteiger charge is 2.19. The Morgan fingerprint density at radius 3 is 2.00 bits per heavy atom. The molecule has 0 aromatic rings. The maximum Gasteiger partial charge on any atom is 0.207 e. The second-order valence-corrected chi connectivity index (χ2v) is 2.99. The summed E-state index contributed by atoms with van der Waals surface area (Å²) in [5, 5.41) is 0.0255. The van der Waals surface area contributed by atoms with Crippen molar-refractivity contribution < 1.29 is 4.79 Å². The van der Waals surface area contributed by atoms with Crippen LogP contribution in [0.3, 0.4) is 0 Å². The average molecular weight is 133 g/mol. The Hall–Kier alpha value is -0.0200. The van der Waals surface area contributed by atoms with E-state index in [1.54, 1.807) is 20.1 Å². The van der Waals surface area contributed by atoms with E-state index in [0.717, 1.165) is 0 Å². The maximum atomic E-state index is 10.7. The number of hydrogen-bond acceptors (Lipinski definition) is 3. The van der Waals surface area contributed by atoms with Crippen molar-refractivity contribution in [1.82, 2.24) is 0 Å². The number of thioether (sulfide) groups is 1. The molecule has 0 saturated carbocycles. The monoisotopic (exact) mass is 133 g/mol. The van der Waals surface area contributed by atoms with E-state index in [-0.39, 0.29) is 5.12 Å². The van der Waals surface area contributed by atoms with E-state index in [2.05, 4.69) is 0 Å². The van der Waals surface area contributed by atoms with Gasteiger partial charge in [0.1, 0.15) is 0 Å². The quantitative estimate of drug-likeness (QED) is 0.570. The van der Waals surface area contributed by atoms with Crippen LogP contribution in [0.5, 0.6) is 0 Å². The van der Waals surface area contributed by atoms with Crippen molar-refractivity contribution in [2.24, 2.45) is 5.73 Å². The molecule has 3 heteroatoms. The summed E-state index contributed by atoms with van der Waals surface area (Å²) in [5.41, 5.74) is 4.75. The fraction of sp³-hybridized carbons (Fsp3) is 0.800. The number of carbonyl (C=O) groups is 1. The average Bonchev–Trinajstić information content (AvgIpc) is 1.62. The van der Waals surface area contributed by atoms with Crippen LogP contribution in [0.25, 0.3) is 0 Å². The summed E-state index contributed by atoms with van der Waals surface area (Å²) in [6.07, 6.45) is 1.73. The summed E-state index contributed by atoms with van der Waals surface area (Å²) in [6.45, 7) is 3.40. The lowest BCUT2D eigenvalue weighted by atomic mass is 10.1. The molecule has 0 aliphatic carbocycles. The molecular weight excluding hydrogens is 122 g/mol. The SMILES string of the molecule is CSC(=O)C(C)(C)N. The topological polar surface area (TPSA) is 43.1 Å². The first-order valence-corrected chi connectivity index (χ1v) is 3.58. The first-order chi connectivity index (χ1) is 3.48. The van der Waals surface area contributed by atoms with E-state index in [4.69, 9.17) is 5.73 Å². The molecule has 0 fully saturated rings. The Labute approximate surface area is 53.8 Å². The highest BCUT2D eigenvalue weighted by Crippen LogP contribution is 2.07. The van der Waals surface area contributed by atoms with Gasteiger partial charge in [0.15, 0.2) is 0 Å². The lowest BCUT2D eigenvalue weighted by molar-refractivity contribution is -0.114. The minimum Gasteiger partial charge on any atom is -0.319 e. The van der Waals surface area contributed by atoms with E-state index in [0.29, 0.717) is 0 Å². The lowest BCUT2D eigenvalue weighted by Crippen LogP contribution is -2.39. The molecule has 0 unspecified atom stereocenters. The van der Waals surface area contributed by atoms with Gasteiger partial charge in [0.25, 0.3) is 0 Å². The van der Waals surface area contributed by atoms with E-state index in [9.17, 15) is 4.79 Å². The lowest BCUT2D eigenvalue weighted by Gasteiger charge is -2.13. The summed E-state index contributed by atoms with van der Waals surface area (Å²) < 4.78 is 0. The van der Waals surface area contributed by atoms with Gasteiger partial charge >= 0.3 is 0 Å². The third-order valence-corrected chi connectivity index (χ3v) is 1.61. The summed E-state index contributed by atoms with van der Waals surface area (Å²) >= 11 is 1.17. The van der Waals surface area contributed by atoms with Crippen LogP contribution in [0.15, 0.2) is 0 Å². The minimum absolute atomic E-state index is 0.0255. The van der Waals surface area contributed by atoms with Crippen LogP contribution < -0.4 is 5.73 Å². The molecular formula is C5H11NOS. The van der Waals surface area contributed by atoms with Crippen molar-refractivity contribution in [3.8, 4) is 0 Å². The molecule has 48 valence electrons. The normalized spacial score (nSPS) is 11.5. The molecule has 0 aromatic carbocycles. The van der Waals surface area contributed by atoms with Crippen molar-refractivity contribution in [3.63, 3.8) is 0 Å². The standard InChI is InChI=1S/C5H11NOS/c1-5(2,6)4(7)8-3/h6H2,1-3H3. The minimum atomic E-state index is -0.667. The van der Waals surface area contributed by atoms with Gasteiger partial charge in [0, 0.05) is 0 Å². The summed E-state index contributed by atoms with van der Waals surface area (Å²) in [5.74, 6) is 0. The number of rotatable bonds is 1. The van der Waals surface area contributed by atoms with Crippen LogP contribution in [0.1, 0.15) is 13.8 Å². The largest absolute Gasteiger partial charge is 0.319 e. The molecule has 0 amide bonds. The molecule has 2 N–H and O–H groups in total. The molecule has 0 aromatic heterocycles. The predicted molar refractivity (Wildman–Crippen MR) is 36.8 cm³/mol. The first kappa shape index (κ1) is 7.98. The molecule has 0 spiro atoms. The Morgan fingerprint density at radius 1 is 1.62 bits per heavy atom. The zero-order valence-electron chi connectivity index (χ0n) is 5.39. The van der Waals surface area contributed by atoms with Crippen molar-refractivity contribution in [3.05, 3.63) is 0 Å². The third kappa shape index (κ3) is 2.33. The van der Waals surface area contributed by atoms with Crippen LogP contribution in [0.4, 0.5) is 0 Å².